The lowest BCUT2D eigenvalue weighted by atomic mass is 9.69. The summed E-state index contributed by atoms with van der Waals surface area (Å²) in [6.45, 7) is 0. The molecule has 6 rings (SSSR count). The molecule has 0 amide bonds. The molecule has 0 atom stereocenters. The summed E-state index contributed by atoms with van der Waals surface area (Å²) in [7, 11) is 0. The van der Waals surface area contributed by atoms with Crippen LogP contribution < -0.4 is 11.5 Å². The molecule has 3 aromatic carbocycles. The van der Waals surface area contributed by atoms with E-state index in [9.17, 15) is 0 Å². The molecule has 6 nitrogen and oxygen atoms in total. The first-order valence-corrected chi connectivity index (χ1v) is 11.7. The van der Waals surface area contributed by atoms with E-state index in [1.165, 1.54) is 21.9 Å². The summed E-state index contributed by atoms with van der Waals surface area (Å²) < 4.78 is 0. The summed E-state index contributed by atoms with van der Waals surface area (Å²) in [4.78, 5) is 15.5. The highest BCUT2D eigenvalue weighted by molar-refractivity contribution is 5.81. The molecule has 3 aromatic heterocycles. The SMILES string of the molecule is Nc1cc(C(Cc2ccc3[nH]ccc3c2)(Cc2ccc3[nH]ccc3c2)c2ccccc2)nc(N)n1. The predicted molar refractivity (Wildman–Crippen MR) is 142 cm³/mol. The summed E-state index contributed by atoms with van der Waals surface area (Å²) in [5, 5.41) is 2.36. The van der Waals surface area contributed by atoms with Crippen molar-refractivity contribution < 1.29 is 0 Å². The number of anilines is 2. The average Bonchev–Trinajstić information content (AvgIpc) is 3.52. The van der Waals surface area contributed by atoms with Gasteiger partial charge >= 0.3 is 0 Å². The molecule has 6 heteroatoms. The highest BCUT2D eigenvalue weighted by atomic mass is 15.0. The Morgan fingerprint density at radius 1 is 0.657 bits per heavy atom. The summed E-state index contributed by atoms with van der Waals surface area (Å²) in [6.07, 6.45) is 5.38. The van der Waals surface area contributed by atoms with Crippen LogP contribution in [0.1, 0.15) is 22.4 Å². The van der Waals surface area contributed by atoms with Crippen molar-refractivity contribution in [2.75, 3.05) is 11.5 Å². The minimum absolute atomic E-state index is 0.183. The van der Waals surface area contributed by atoms with Crippen LogP contribution in [-0.2, 0) is 18.3 Å². The fraction of sp³-hybridized carbons (Fsp3) is 0.103. The highest BCUT2D eigenvalue weighted by Crippen LogP contribution is 2.40. The lowest BCUT2D eigenvalue weighted by molar-refractivity contribution is 0.492. The number of nitrogens with zero attached hydrogens (tertiary/aromatic N) is 2. The average molecular weight is 459 g/mol. The normalized spacial score (nSPS) is 11.9. The Labute approximate surface area is 203 Å². The molecule has 0 spiro atoms. The summed E-state index contributed by atoms with van der Waals surface area (Å²) >= 11 is 0. The van der Waals surface area contributed by atoms with Gasteiger partial charge in [0.05, 0.1) is 5.69 Å². The largest absolute Gasteiger partial charge is 0.384 e. The van der Waals surface area contributed by atoms with E-state index in [1.807, 2.05) is 24.5 Å². The monoisotopic (exact) mass is 458 g/mol. The fourth-order valence-electron chi connectivity index (χ4n) is 5.21. The van der Waals surface area contributed by atoms with Gasteiger partial charge in [0.15, 0.2) is 0 Å². The third-order valence-electron chi connectivity index (χ3n) is 6.83. The van der Waals surface area contributed by atoms with Crippen molar-refractivity contribution in [1.29, 1.82) is 0 Å². The van der Waals surface area contributed by atoms with Crippen molar-refractivity contribution in [3.8, 4) is 0 Å². The van der Waals surface area contributed by atoms with Crippen LogP contribution in [0, 0.1) is 0 Å². The van der Waals surface area contributed by atoms with Gasteiger partial charge in [0.25, 0.3) is 0 Å². The molecule has 0 bridgehead atoms. The maximum Gasteiger partial charge on any atom is 0.222 e. The van der Waals surface area contributed by atoms with Crippen LogP contribution in [0.3, 0.4) is 0 Å². The van der Waals surface area contributed by atoms with Crippen LogP contribution >= 0.6 is 0 Å². The van der Waals surface area contributed by atoms with Crippen LogP contribution in [0.2, 0.25) is 0 Å². The van der Waals surface area contributed by atoms with E-state index in [0.29, 0.717) is 5.82 Å². The smallest absolute Gasteiger partial charge is 0.222 e. The summed E-state index contributed by atoms with van der Waals surface area (Å²) in [6, 6.07) is 29.7. The van der Waals surface area contributed by atoms with Gasteiger partial charge in [0, 0.05) is 34.9 Å². The van der Waals surface area contributed by atoms with Gasteiger partial charge in [-0.1, -0.05) is 42.5 Å². The Bertz CT molecular complexity index is 1530. The number of H-pyrrole nitrogens is 2. The zero-order valence-corrected chi connectivity index (χ0v) is 19.2. The quantitative estimate of drug-likeness (QED) is 0.269. The van der Waals surface area contributed by atoms with Crippen molar-refractivity contribution in [2.24, 2.45) is 0 Å². The van der Waals surface area contributed by atoms with Crippen LogP contribution in [0.25, 0.3) is 21.8 Å². The van der Waals surface area contributed by atoms with E-state index in [4.69, 9.17) is 16.5 Å². The molecular formula is C29H26N6. The van der Waals surface area contributed by atoms with Crippen LogP contribution in [0.5, 0.6) is 0 Å². The molecule has 3 heterocycles. The first-order valence-electron chi connectivity index (χ1n) is 11.7. The minimum atomic E-state index is -0.513. The van der Waals surface area contributed by atoms with Gasteiger partial charge in [-0.05, 0) is 76.7 Å². The topological polar surface area (TPSA) is 109 Å². The zero-order chi connectivity index (χ0) is 23.8. The summed E-state index contributed by atoms with van der Waals surface area (Å²) in [5.74, 6) is 0.553. The Hall–Kier alpha value is -4.58. The molecule has 6 aromatic rings. The van der Waals surface area contributed by atoms with Crippen molar-refractivity contribution in [2.45, 2.75) is 18.3 Å². The first kappa shape index (κ1) is 21.0. The Kier molecular flexibility index (Phi) is 4.99. The van der Waals surface area contributed by atoms with Gasteiger partial charge in [-0.15, -0.1) is 0 Å². The van der Waals surface area contributed by atoms with Gasteiger partial charge in [0.2, 0.25) is 5.95 Å². The molecule has 0 fully saturated rings. The molecule has 172 valence electrons. The number of nitrogens with two attached hydrogens (primary N) is 2. The lowest BCUT2D eigenvalue weighted by Gasteiger charge is -2.35. The van der Waals surface area contributed by atoms with E-state index in [-0.39, 0.29) is 5.95 Å². The number of rotatable bonds is 6. The molecule has 0 saturated heterocycles. The second-order valence-corrected chi connectivity index (χ2v) is 9.14. The number of nitrogens with one attached hydrogen (secondary N) is 2. The Balaban J connectivity index is 1.57. The molecule has 0 radical (unpaired) electrons. The predicted octanol–water partition coefficient (Wildman–Crippen LogP) is 5.38. The zero-order valence-electron chi connectivity index (χ0n) is 19.2. The number of hydrogen-bond donors (Lipinski definition) is 4. The van der Waals surface area contributed by atoms with Crippen molar-refractivity contribution in [3.05, 3.63) is 120 Å². The van der Waals surface area contributed by atoms with E-state index < -0.39 is 5.41 Å². The highest BCUT2D eigenvalue weighted by Gasteiger charge is 2.37. The van der Waals surface area contributed by atoms with E-state index in [1.54, 1.807) is 0 Å². The fourth-order valence-corrected chi connectivity index (χ4v) is 5.21. The third-order valence-corrected chi connectivity index (χ3v) is 6.83. The van der Waals surface area contributed by atoms with E-state index in [2.05, 4.69) is 87.7 Å². The Morgan fingerprint density at radius 2 is 1.26 bits per heavy atom. The molecule has 35 heavy (non-hydrogen) atoms. The van der Waals surface area contributed by atoms with Gasteiger partial charge in [-0.25, -0.2) is 4.98 Å². The van der Waals surface area contributed by atoms with Crippen LogP contribution in [-0.4, -0.2) is 19.9 Å². The molecule has 0 unspecified atom stereocenters. The number of aromatic amines is 2. The summed E-state index contributed by atoms with van der Waals surface area (Å²) in [5.41, 5.74) is 18.4. The molecule has 6 N–H and O–H groups in total. The molecule has 0 aliphatic heterocycles. The lowest BCUT2D eigenvalue weighted by Crippen LogP contribution is -2.35. The molecular weight excluding hydrogens is 432 g/mol. The van der Waals surface area contributed by atoms with Gasteiger partial charge in [-0.2, -0.15) is 4.98 Å². The molecule has 0 saturated carbocycles. The van der Waals surface area contributed by atoms with Crippen molar-refractivity contribution in [1.82, 2.24) is 19.9 Å². The van der Waals surface area contributed by atoms with Crippen molar-refractivity contribution in [3.63, 3.8) is 0 Å². The van der Waals surface area contributed by atoms with E-state index >= 15 is 0 Å². The number of aromatic nitrogens is 4. The second kappa shape index (κ2) is 8.33. The van der Waals surface area contributed by atoms with Crippen molar-refractivity contribution >= 4 is 33.6 Å². The van der Waals surface area contributed by atoms with Gasteiger partial charge in [-0.3, -0.25) is 0 Å². The standard InChI is InChI=1S/C29H26N6/c30-27-16-26(34-28(31)35-27)29(23-4-2-1-3-5-23,17-19-6-8-24-21(14-19)10-12-32-24)18-20-7-9-25-22(15-20)11-13-33-25/h1-16,32-33H,17-18H2,(H4,30,31,34,35). The van der Waals surface area contributed by atoms with Gasteiger partial charge < -0.3 is 21.4 Å². The number of benzene rings is 3. The van der Waals surface area contributed by atoms with Crippen LogP contribution in [0.15, 0.2) is 97.3 Å². The number of fused-ring (bicyclic) bond motifs is 2. The second-order valence-electron chi connectivity index (χ2n) is 9.14. The third kappa shape index (κ3) is 3.89. The van der Waals surface area contributed by atoms with E-state index in [0.717, 1.165) is 35.1 Å². The Morgan fingerprint density at radius 3 is 1.83 bits per heavy atom. The van der Waals surface area contributed by atoms with Gasteiger partial charge in [0.1, 0.15) is 5.82 Å². The minimum Gasteiger partial charge on any atom is -0.384 e. The molecule has 0 aliphatic rings. The first-order chi connectivity index (χ1) is 17.1. The number of hydrogen-bond acceptors (Lipinski definition) is 4. The molecule has 0 aliphatic carbocycles. The number of nitrogen functional groups attached to an aromatic ring is 2. The van der Waals surface area contributed by atoms with Crippen LogP contribution in [0.4, 0.5) is 11.8 Å². The maximum absolute atomic E-state index is 6.20. The maximum atomic E-state index is 6.20.